The topological polar surface area (TPSA) is 166 Å². The first-order valence-electron chi connectivity index (χ1n) is 11.2. The van der Waals surface area contributed by atoms with Gasteiger partial charge in [0.1, 0.15) is 23.7 Å². The van der Waals surface area contributed by atoms with Gasteiger partial charge in [0.25, 0.3) is 0 Å². The number of nitrogens with one attached hydrogen (secondary N) is 3. The number of fused-ring (bicyclic) bond motifs is 1. The van der Waals surface area contributed by atoms with Crippen molar-refractivity contribution in [2.24, 2.45) is 0 Å². The molecule has 4 rings (SSSR count). The van der Waals surface area contributed by atoms with E-state index in [1.165, 1.54) is 0 Å². The average molecular weight is 655 g/mol. The van der Waals surface area contributed by atoms with E-state index in [1.54, 1.807) is 12.5 Å². The molecule has 3 aromatic heterocycles. The maximum atomic E-state index is 10.6. The molecule has 1 aromatic carbocycles. The number of H-pyrrole nitrogens is 2. The molecule has 0 saturated carbocycles. The number of aromatic nitrogens is 5. The molecular formula is C23H21BrF6N6O5. The minimum atomic E-state index is -5.08. The van der Waals surface area contributed by atoms with Gasteiger partial charge < -0.3 is 30.2 Å². The van der Waals surface area contributed by atoms with Crippen molar-refractivity contribution in [1.29, 1.82) is 0 Å². The number of benzene rings is 1. The summed E-state index contributed by atoms with van der Waals surface area (Å²) in [5.74, 6) is -3.88. The Morgan fingerprint density at radius 3 is 2.12 bits per heavy atom. The standard InChI is InChI=1S/C19H19BrN6O.2C2HF3O2/c20-14-9-17-19(23-10-14)26-18(25-17)13-1-3-16(4-2-13)27-8-7-21-6-5-15-11-22-12-24-15;2*3-2(4,5)1(6)7/h1-4,9-12,21H,5-8H2,(H,22,24)(H,23,25,26);2*(H,6,7). The van der Waals surface area contributed by atoms with Gasteiger partial charge in [-0.3, -0.25) is 0 Å². The summed E-state index contributed by atoms with van der Waals surface area (Å²) in [5.41, 5.74) is 3.66. The van der Waals surface area contributed by atoms with Crippen LogP contribution in [0.3, 0.4) is 0 Å². The van der Waals surface area contributed by atoms with Crippen LogP contribution in [0, 0.1) is 0 Å². The second-order valence-corrected chi connectivity index (χ2v) is 8.56. The number of carboxylic acid groups (broad SMARTS) is 2. The van der Waals surface area contributed by atoms with Gasteiger partial charge in [0, 0.05) is 41.9 Å². The van der Waals surface area contributed by atoms with Crippen LogP contribution in [0.5, 0.6) is 5.75 Å². The number of hydrogen-bond donors (Lipinski definition) is 5. The van der Waals surface area contributed by atoms with Crippen LogP contribution >= 0.6 is 15.9 Å². The molecule has 0 spiro atoms. The highest BCUT2D eigenvalue weighted by Gasteiger charge is 2.38. The summed E-state index contributed by atoms with van der Waals surface area (Å²) in [6.45, 7) is 2.28. The van der Waals surface area contributed by atoms with Crippen LogP contribution in [0.25, 0.3) is 22.6 Å². The molecule has 3 heterocycles. The van der Waals surface area contributed by atoms with Gasteiger partial charge in [-0.25, -0.2) is 24.5 Å². The van der Waals surface area contributed by atoms with Crippen molar-refractivity contribution >= 4 is 39.0 Å². The number of carbonyl (C=O) groups is 2. The van der Waals surface area contributed by atoms with Crippen LogP contribution in [0.1, 0.15) is 5.69 Å². The third-order valence-electron chi connectivity index (χ3n) is 4.58. The largest absolute Gasteiger partial charge is 0.492 e. The second-order valence-electron chi connectivity index (χ2n) is 7.65. The maximum Gasteiger partial charge on any atom is 0.490 e. The number of alkyl halides is 6. The predicted molar refractivity (Wildman–Crippen MR) is 135 cm³/mol. The van der Waals surface area contributed by atoms with E-state index in [0.29, 0.717) is 6.61 Å². The number of pyridine rings is 1. The van der Waals surface area contributed by atoms with Crippen LogP contribution < -0.4 is 10.1 Å². The molecule has 0 unspecified atom stereocenters. The highest BCUT2D eigenvalue weighted by molar-refractivity contribution is 9.10. The number of hydrogen-bond acceptors (Lipinski definition) is 7. The van der Waals surface area contributed by atoms with Crippen molar-refractivity contribution in [2.45, 2.75) is 18.8 Å². The summed E-state index contributed by atoms with van der Waals surface area (Å²) in [7, 11) is 0. The Morgan fingerprint density at radius 1 is 0.976 bits per heavy atom. The number of rotatable bonds is 8. The van der Waals surface area contributed by atoms with Gasteiger partial charge in [0.15, 0.2) is 5.65 Å². The van der Waals surface area contributed by atoms with Crippen molar-refractivity contribution in [2.75, 3.05) is 19.7 Å². The molecule has 0 aliphatic rings. The van der Waals surface area contributed by atoms with Gasteiger partial charge in [-0.05, 0) is 46.3 Å². The van der Waals surface area contributed by atoms with E-state index >= 15 is 0 Å². The van der Waals surface area contributed by atoms with Gasteiger partial charge in [0.2, 0.25) is 0 Å². The zero-order valence-corrected chi connectivity index (χ0v) is 22.1. The number of aromatic amines is 2. The first-order chi connectivity index (χ1) is 19.2. The summed E-state index contributed by atoms with van der Waals surface area (Å²) < 4.78 is 70.2. The fraction of sp³-hybridized carbons (Fsp3) is 0.261. The van der Waals surface area contributed by atoms with Gasteiger partial charge in [-0.15, -0.1) is 0 Å². The van der Waals surface area contributed by atoms with Crippen molar-refractivity contribution in [3.63, 3.8) is 0 Å². The zero-order valence-electron chi connectivity index (χ0n) is 20.6. The monoisotopic (exact) mass is 654 g/mol. The molecule has 222 valence electrons. The number of imidazole rings is 2. The molecule has 0 amide bonds. The Balaban J connectivity index is 0.000000349. The van der Waals surface area contributed by atoms with Crippen LogP contribution in [-0.2, 0) is 16.0 Å². The lowest BCUT2D eigenvalue weighted by atomic mass is 10.2. The van der Waals surface area contributed by atoms with E-state index in [-0.39, 0.29) is 0 Å². The van der Waals surface area contributed by atoms with Crippen molar-refractivity contribution in [3.05, 3.63) is 59.2 Å². The van der Waals surface area contributed by atoms with E-state index in [1.807, 2.05) is 36.5 Å². The molecule has 0 aliphatic carbocycles. The SMILES string of the molecule is Brc1cnc2[nH]c(-c3ccc(OCCNCCc4c[nH]cn4)cc3)nc2c1.O=C(O)C(F)(F)F.O=C(O)C(F)(F)F. The predicted octanol–water partition coefficient (Wildman–Crippen LogP) is 4.59. The fourth-order valence-electron chi connectivity index (χ4n) is 2.73. The van der Waals surface area contributed by atoms with Gasteiger partial charge >= 0.3 is 24.3 Å². The smallest absolute Gasteiger partial charge is 0.490 e. The Labute approximate surface area is 235 Å². The molecule has 0 radical (unpaired) electrons. The normalized spacial score (nSPS) is 11.2. The van der Waals surface area contributed by atoms with Gasteiger partial charge in [0.05, 0.1) is 12.0 Å². The van der Waals surface area contributed by atoms with Crippen molar-refractivity contribution in [1.82, 2.24) is 30.2 Å². The van der Waals surface area contributed by atoms with Crippen LogP contribution in [0.2, 0.25) is 0 Å². The van der Waals surface area contributed by atoms with E-state index in [0.717, 1.165) is 58.0 Å². The zero-order chi connectivity index (χ0) is 30.6. The molecule has 18 heteroatoms. The first-order valence-corrected chi connectivity index (χ1v) is 12.0. The summed E-state index contributed by atoms with van der Waals surface area (Å²) in [4.78, 5) is 37.1. The number of aliphatic carboxylic acids is 2. The van der Waals surface area contributed by atoms with E-state index < -0.39 is 24.3 Å². The lowest BCUT2D eigenvalue weighted by Gasteiger charge is -2.07. The average Bonchev–Trinajstić information content (AvgIpc) is 3.56. The van der Waals surface area contributed by atoms with Gasteiger partial charge in [-0.1, -0.05) is 0 Å². The number of ether oxygens (including phenoxy) is 1. The Bertz CT molecular complexity index is 1370. The molecule has 0 saturated heterocycles. The van der Waals surface area contributed by atoms with E-state index in [2.05, 4.69) is 46.2 Å². The molecule has 0 bridgehead atoms. The second kappa shape index (κ2) is 15.0. The maximum absolute atomic E-state index is 10.6. The molecule has 0 fully saturated rings. The third-order valence-corrected chi connectivity index (χ3v) is 5.01. The Kier molecular flexibility index (Phi) is 12.1. The molecule has 41 heavy (non-hydrogen) atoms. The molecule has 11 nitrogen and oxygen atoms in total. The summed E-state index contributed by atoms with van der Waals surface area (Å²) in [5, 5.41) is 17.6. The fourth-order valence-corrected chi connectivity index (χ4v) is 3.05. The van der Waals surface area contributed by atoms with Crippen molar-refractivity contribution in [3.8, 4) is 17.1 Å². The van der Waals surface area contributed by atoms with E-state index in [4.69, 9.17) is 24.5 Å². The Morgan fingerprint density at radius 2 is 1.59 bits per heavy atom. The lowest BCUT2D eigenvalue weighted by Crippen LogP contribution is -2.23. The van der Waals surface area contributed by atoms with Crippen molar-refractivity contribution < 1.29 is 50.9 Å². The van der Waals surface area contributed by atoms with Crippen LogP contribution in [0.15, 0.2) is 53.5 Å². The molecule has 0 atom stereocenters. The number of nitrogens with zero attached hydrogens (tertiary/aromatic N) is 3. The summed E-state index contributed by atoms with van der Waals surface area (Å²) >= 11 is 3.41. The highest BCUT2D eigenvalue weighted by Crippen LogP contribution is 2.23. The molecule has 4 aromatic rings. The number of halogens is 7. The Hall–Kier alpha value is -4.19. The van der Waals surface area contributed by atoms with Gasteiger partial charge in [-0.2, -0.15) is 26.3 Å². The summed E-state index contributed by atoms with van der Waals surface area (Å²) in [6, 6.07) is 9.84. The summed E-state index contributed by atoms with van der Waals surface area (Å²) in [6.07, 6.45) is -3.90. The lowest BCUT2D eigenvalue weighted by molar-refractivity contribution is -0.193. The minimum absolute atomic E-state index is 0.614. The third kappa shape index (κ3) is 11.8. The highest BCUT2D eigenvalue weighted by atomic mass is 79.9. The minimum Gasteiger partial charge on any atom is -0.492 e. The molecular weight excluding hydrogens is 634 g/mol. The first kappa shape index (κ1) is 33.0. The van der Waals surface area contributed by atoms with Crippen LogP contribution in [-0.4, -0.2) is 79.1 Å². The molecule has 5 N–H and O–H groups in total. The number of carboxylic acids is 2. The van der Waals surface area contributed by atoms with Crippen LogP contribution in [0.4, 0.5) is 26.3 Å². The van der Waals surface area contributed by atoms with E-state index in [9.17, 15) is 26.3 Å². The quantitative estimate of drug-likeness (QED) is 0.135. The molecule has 0 aliphatic heterocycles.